The van der Waals surface area contributed by atoms with E-state index in [2.05, 4.69) is 88.4 Å². The van der Waals surface area contributed by atoms with Gasteiger partial charge < -0.3 is 132 Å². The van der Waals surface area contributed by atoms with Crippen LogP contribution in [0.3, 0.4) is 0 Å². The summed E-state index contributed by atoms with van der Waals surface area (Å²) in [4.78, 5) is 193. The Kier molecular flexibility index (Phi) is 42.3. The Labute approximate surface area is 647 Å². The molecule has 622 valence electrons. The number of nitrogens with one attached hydrogen (secondary N) is 12. The van der Waals surface area contributed by atoms with Gasteiger partial charge in [0.05, 0.1) is 6.04 Å². The number of carbonyl (C=O) groups is 12. The molecule has 0 aliphatic carbocycles. The highest BCUT2D eigenvalue weighted by atomic mass is 16.2. The van der Waals surface area contributed by atoms with Crippen LogP contribution in [0.5, 0.6) is 0 Å². The lowest BCUT2D eigenvalue weighted by molar-refractivity contribution is -0.137. The largest absolute Gasteiger partial charge is 0.370 e. The Morgan fingerprint density at radius 2 is 0.712 bits per heavy atom. The molecule has 0 bridgehead atoms. The van der Waals surface area contributed by atoms with Gasteiger partial charge in [-0.3, -0.25) is 82.5 Å². The Morgan fingerprint density at radius 1 is 0.369 bits per heavy atom. The standard InChI is InChI=1S/C70H125N29O12/c1-12-38(10)53(65(111)96-49(32-40-33-88-42-20-14-13-19-41(40)42)61(107)91-44(22-16-27-84-67(75)76)56(102)90-43(54(72)100)21-15-26-83-66(73)74)99-58(104)46(24-18-29-86-69(79)80)94-64(110)52(37(8)9)97-55(101)39(11)89-63(109)51(36(6)7)98-59(105)47(25-30-87-70(81)82)92-60(106)48(31-34(2)3)95-57(103)45(23-17-28-85-68(77)78)93-62(108)50(71)35(4)5/h13-14,19-20,33-39,43-53,88H,12,15-18,21-32,71H2,1-11H3,(H2,72,100)(H,89,109)(H,90,102)(H,91,107)(H,92,106)(H,93,108)(H,94,110)(H,95,103)(H,96,111)(H,97,101)(H,98,105)(H,99,104)(H4,73,74,83)(H4,75,76,84)(H4,77,78,85)(H4,79,80,86)(H4,81,82,87)/t38-,39-,43-,44-,45-,46-,47-,48-,49-,50-,51-,52-,53-/m0/s1. The van der Waals surface area contributed by atoms with Crippen molar-refractivity contribution < 1.29 is 57.5 Å². The first kappa shape index (κ1) is 95.8. The lowest BCUT2D eigenvalue weighted by Crippen LogP contribution is -2.62. The number of amides is 12. The molecule has 0 saturated heterocycles. The second-order valence-corrected chi connectivity index (χ2v) is 28.7. The first-order valence-corrected chi connectivity index (χ1v) is 37.3. The van der Waals surface area contributed by atoms with E-state index < -0.39 is 161 Å². The molecule has 111 heavy (non-hydrogen) atoms. The first-order chi connectivity index (χ1) is 52.1. The number of guanidine groups is 5. The highest BCUT2D eigenvalue weighted by molar-refractivity contribution is 6.00. The topological polar surface area (TPSA) is 727 Å². The average Bonchev–Trinajstić information content (AvgIpc) is 1.73. The number of fused-ring (bicyclic) bond motifs is 1. The first-order valence-electron chi connectivity index (χ1n) is 37.3. The molecule has 2 rings (SSSR count). The van der Waals surface area contributed by atoms with Gasteiger partial charge in [-0.2, -0.15) is 0 Å². The molecule has 0 fully saturated rings. The summed E-state index contributed by atoms with van der Waals surface area (Å²) in [5.74, 6) is -13.5. The maximum atomic E-state index is 15.0. The summed E-state index contributed by atoms with van der Waals surface area (Å²) in [5.41, 5.74) is 68.6. The van der Waals surface area contributed by atoms with Crippen molar-refractivity contribution in [1.29, 1.82) is 0 Å². The van der Waals surface area contributed by atoms with Crippen LogP contribution in [0.1, 0.15) is 152 Å². The quantitative estimate of drug-likeness (QED) is 0.0166. The molecule has 1 aromatic heterocycles. The van der Waals surface area contributed by atoms with Crippen molar-refractivity contribution in [1.82, 2.24) is 63.5 Å². The van der Waals surface area contributed by atoms with Crippen LogP contribution in [0.15, 0.2) is 55.4 Å². The van der Waals surface area contributed by atoms with Gasteiger partial charge in [0.2, 0.25) is 70.9 Å². The molecule has 0 unspecified atom stereocenters. The summed E-state index contributed by atoms with van der Waals surface area (Å²) in [7, 11) is 0. The monoisotopic (exact) mass is 1560 g/mol. The fraction of sp³-hybridized carbons (Fsp3) is 0.643. The van der Waals surface area contributed by atoms with Crippen LogP contribution >= 0.6 is 0 Å². The van der Waals surface area contributed by atoms with Gasteiger partial charge in [0, 0.05) is 56.2 Å². The van der Waals surface area contributed by atoms with Crippen LogP contribution in [0.25, 0.3) is 10.9 Å². The van der Waals surface area contributed by atoms with E-state index in [1.165, 1.54) is 6.92 Å². The Balaban J connectivity index is 2.54. The molecule has 1 aromatic carbocycles. The van der Waals surface area contributed by atoms with Crippen LogP contribution in [-0.4, -0.2) is 211 Å². The van der Waals surface area contributed by atoms with E-state index >= 15 is 0 Å². The third kappa shape index (κ3) is 35.7. The third-order valence-electron chi connectivity index (χ3n) is 17.8. The lowest BCUT2D eigenvalue weighted by atomic mass is 9.96. The maximum Gasteiger partial charge on any atom is 0.243 e. The van der Waals surface area contributed by atoms with Crippen molar-refractivity contribution >= 4 is 112 Å². The summed E-state index contributed by atoms with van der Waals surface area (Å²) in [6.07, 6.45) is 2.23. The van der Waals surface area contributed by atoms with Crippen molar-refractivity contribution in [3.63, 3.8) is 0 Å². The van der Waals surface area contributed by atoms with Crippen molar-refractivity contribution in [2.24, 2.45) is 123 Å². The molecule has 2 aromatic rings. The smallest absolute Gasteiger partial charge is 0.243 e. The molecule has 41 heteroatoms. The fourth-order valence-corrected chi connectivity index (χ4v) is 11.2. The highest BCUT2D eigenvalue weighted by Crippen LogP contribution is 2.21. The summed E-state index contributed by atoms with van der Waals surface area (Å²) in [6, 6.07) is -8.73. The fourth-order valence-electron chi connectivity index (χ4n) is 11.2. The number of hydrogen-bond donors (Lipinski definition) is 24. The Bertz CT molecular complexity index is 3560. The van der Waals surface area contributed by atoms with Gasteiger partial charge in [-0.25, -0.2) is 0 Å². The molecule has 1 heterocycles. The lowest BCUT2D eigenvalue weighted by Gasteiger charge is -2.30. The molecule has 13 atom stereocenters. The van der Waals surface area contributed by atoms with Crippen LogP contribution in [0.2, 0.25) is 0 Å². The Morgan fingerprint density at radius 3 is 1.14 bits per heavy atom. The maximum absolute atomic E-state index is 15.0. The molecule has 12 amide bonds. The summed E-state index contributed by atoms with van der Waals surface area (Å²) >= 11 is 0. The third-order valence-corrected chi connectivity index (χ3v) is 17.8. The molecule has 41 nitrogen and oxygen atoms in total. The van der Waals surface area contributed by atoms with Crippen molar-refractivity contribution in [2.75, 3.05) is 32.7 Å². The van der Waals surface area contributed by atoms with E-state index in [4.69, 9.17) is 68.8 Å². The van der Waals surface area contributed by atoms with Gasteiger partial charge in [0.15, 0.2) is 29.8 Å². The van der Waals surface area contributed by atoms with Gasteiger partial charge >= 0.3 is 0 Å². The minimum atomic E-state index is -1.45. The summed E-state index contributed by atoms with van der Waals surface area (Å²) in [5, 5.41) is 30.3. The number of benzene rings is 1. The summed E-state index contributed by atoms with van der Waals surface area (Å²) in [6.45, 7) is 18.3. The second-order valence-electron chi connectivity index (χ2n) is 28.7. The molecular formula is C70H125N29O12. The Hall–Kier alpha value is -11.3. The van der Waals surface area contributed by atoms with Gasteiger partial charge in [-0.15, -0.1) is 0 Å². The van der Waals surface area contributed by atoms with Crippen molar-refractivity contribution in [3.8, 4) is 0 Å². The number of carbonyl (C=O) groups excluding carboxylic acids is 12. The van der Waals surface area contributed by atoms with Crippen LogP contribution in [0.4, 0.5) is 0 Å². The summed E-state index contributed by atoms with van der Waals surface area (Å²) < 4.78 is 0. The van der Waals surface area contributed by atoms with Crippen LogP contribution < -0.4 is 127 Å². The second kappa shape index (κ2) is 49.0. The molecule has 0 saturated carbocycles. The molecule has 36 N–H and O–H groups in total. The zero-order valence-electron chi connectivity index (χ0n) is 65.8. The van der Waals surface area contributed by atoms with E-state index in [9.17, 15) is 57.5 Å². The van der Waals surface area contributed by atoms with Gasteiger partial charge in [0.1, 0.15) is 66.5 Å². The number of nitrogens with two attached hydrogens (primary N) is 12. The SMILES string of the molecule is CC[C@H](C)[C@H](NC(=O)[C@H](CCCN=C(N)N)NC(=O)[C@@H](NC(=O)[C@H](C)NC(=O)[C@@H](NC(=O)[C@H](CCN=C(N)N)NC(=O)[C@H](CC(C)C)NC(=O)[C@H](CCCN=C(N)N)NC(=O)[C@@H](N)C(C)C)C(C)C)C(C)C)C(=O)N[C@@H](Cc1c[nH]c2ccccc12)C(=O)N[C@@H](CCCN=C(N)N)C(=O)N[C@@H](CCCN=C(N)N)C(N)=O. The van der Waals surface area contributed by atoms with E-state index in [1.807, 2.05) is 6.07 Å². The molecule has 0 radical (unpaired) electrons. The van der Waals surface area contributed by atoms with E-state index in [1.54, 1.807) is 93.6 Å². The number of nitrogens with zero attached hydrogens (tertiary/aromatic N) is 5. The van der Waals surface area contributed by atoms with E-state index in [0.717, 1.165) is 0 Å². The molecule has 0 aliphatic rings. The predicted octanol–water partition coefficient (Wildman–Crippen LogP) is -6.19. The number of aromatic amines is 1. The van der Waals surface area contributed by atoms with Gasteiger partial charge in [0.25, 0.3) is 0 Å². The zero-order chi connectivity index (χ0) is 83.9. The number of primary amides is 1. The van der Waals surface area contributed by atoms with Crippen LogP contribution in [-0.2, 0) is 64.0 Å². The molecule has 0 spiro atoms. The van der Waals surface area contributed by atoms with E-state index in [0.29, 0.717) is 16.5 Å². The number of hydrogen-bond acceptors (Lipinski definition) is 18. The number of aromatic nitrogens is 1. The number of H-pyrrole nitrogens is 1. The minimum Gasteiger partial charge on any atom is -0.370 e. The van der Waals surface area contributed by atoms with Crippen LogP contribution in [0, 0.1) is 29.6 Å². The van der Waals surface area contributed by atoms with E-state index in [-0.39, 0.29) is 151 Å². The average molecular weight is 1560 g/mol. The number of rotatable bonds is 51. The molecular weight excluding hydrogens is 1440 g/mol. The number of aliphatic imine (C=N–C) groups is 5. The molecule has 0 aliphatic heterocycles. The van der Waals surface area contributed by atoms with Gasteiger partial charge in [-0.05, 0) is 112 Å². The normalized spacial score (nSPS) is 14.7. The highest BCUT2D eigenvalue weighted by Gasteiger charge is 2.39. The predicted molar refractivity (Wildman–Crippen MR) is 424 cm³/mol. The zero-order valence-corrected chi connectivity index (χ0v) is 65.8. The number of para-hydroxylation sites is 1. The van der Waals surface area contributed by atoms with Gasteiger partial charge in [-0.1, -0.05) is 93.9 Å². The van der Waals surface area contributed by atoms with Crippen molar-refractivity contribution in [3.05, 3.63) is 36.0 Å². The van der Waals surface area contributed by atoms with Crippen molar-refractivity contribution in [2.45, 2.75) is 226 Å². The minimum absolute atomic E-state index is 0.00730.